The molecule has 2 rings (SSSR count). The molecule has 2 aromatic rings. The quantitative estimate of drug-likeness (QED) is 0.530. The van der Waals surface area contributed by atoms with Gasteiger partial charge in [-0.25, -0.2) is 0 Å². The average Bonchev–Trinajstić information content (AvgIpc) is 2.56. The van der Waals surface area contributed by atoms with Crippen LogP contribution in [-0.4, -0.2) is 22.5 Å². The van der Waals surface area contributed by atoms with Gasteiger partial charge in [0.05, 0.1) is 4.92 Å². The second-order valence-corrected chi connectivity index (χ2v) is 5.03. The van der Waals surface area contributed by atoms with Crippen molar-refractivity contribution in [1.29, 1.82) is 0 Å². The van der Waals surface area contributed by atoms with Gasteiger partial charge in [0, 0.05) is 29.9 Å². The van der Waals surface area contributed by atoms with E-state index in [1.165, 1.54) is 24.3 Å². The molecular weight excluding hydrogens is 314 g/mol. The van der Waals surface area contributed by atoms with Gasteiger partial charge in [-0.1, -0.05) is 18.2 Å². The maximum absolute atomic E-state index is 12.2. The van der Waals surface area contributed by atoms with Crippen molar-refractivity contribution in [3.63, 3.8) is 0 Å². The number of anilines is 1. The lowest BCUT2D eigenvalue weighted by Crippen LogP contribution is -2.42. The van der Waals surface area contributed by atoms with Gasteiger partial charge in [-0.15, -0.1) is 0 Å². The zero-order chi connectivity index (χ0) is 16.8. The van der Waals surface area contributed by atoms with Crippen LogP contribution >= 0.6 is 12.2 Å². The molecule has 7 heteroatoms. The number of hydrogen-bond donors (Lipinski definition) is 1. The molecule has 0 unspecified atom stereocenters. The molecule has 1 amide bonds. The van der Waals surface area contributed by atoms with Crippen molar-refractivity contribution in [2.24, 2.45) is 0 Å². The molecule has 1 N–H and O–H groups in total. The molecule has 0 saturated carbocycles. The number of rotatable bonds is 4. The van der Waals surface area contributed by atoms with Crippen molar-refractivity contribution in [1.82, 2.24) is 5.32 Å². The van der Waals surface area contributed by atoms with Crippen LogP contribution in [0.3, 0.4) is 0 Å². The number of carbonyl (C=O) groups excluding carboxylic acids is 1. The predicted molar refractivity (Wildman–Crippen MR) is 92.6 cm³/mol. The largest absolute Gasteiger partial charge is 0.319 e. The third-order valence-electron chi connectivity index (χ3n) is 3.19. The molecule has 0 spiro atoms. The number of nitro benzene ring substituents is 1. The summed E-state index contributed by atoms with van der Waals surface area (Å²) < 4.78 is 0. The van der Waals surface area contributed by atoms with Crippen molar-refractivity contribution in [3.05, 3.63) is 70.3 Å². The average molecular weight is 329 g/mol. The van der Waals surface area contributed by atoms with Crippen molar-refractivity contribution >= 4 is 34.6 Å². The summed E-state index contributed by atoms with van der Waals surface area (Å²) in [6.45, 7) is 2.53. The zero-order valence-corrected chi connectivity index (χ0v) is 13.2. The molecule has 0 fully saturated rings. The van der Waals surface area contributed by atoms with Crippen LogP contribution in [0.4, 0.5) is 11.4 Å². The predicted octanol–water partition coefficient (Wildman–Crippen LogP) is 3.14. The number of carbonyl (C=O) groups is 1. The number of thiocarbonyl (C=S) groups is 1. The highest BCUT2D eigenvalue weighted by molar-refractivity contribution is 7.80. The molecule has 6 nitrogen and oxygen atoms in total. The summed E-state index contributed by atoms with van der Waals surface area (Å²) in [4.78, 5) is 24.1. The van der Waals surface area contributed by atoms with Gasteiger partial charge in [-0.3, -0.25) is 20.2 Å². The Bertz CT molecular complexity index is 717. The molecule has 0 aromatic heterocycles. The van der Waals surface area contributed by atoms with Gasteiger partial charge >= 0.3 is 0 Å². The second kappa shape index (κ2) is 7.46. The number of hydrogen-bond acceptors (Lipinski definition) is 4. The monoisotopic (exact) mass is 329 g/mol. The van der Waals surface area contributed by atoms with E-state index in [4.69, 9.17) is 12.2 Å². The summed E-state index contributed by atoms with van der Waals surface area (Å²) in [5, 5.41) is 13.5. The number of amides is 1. The highest BCUT2D eigenvalue weighted by Gasteiger charge is 2.15. The van der Waals surface area contributed by atoms with E-state index in [9.17, 15) is 14.9 Å². The number of para-hydroxylation sites is 1. The number of nitrogens with one attached hydrogen (secondary N) is 1. The van der Waals surface area contributed by atoms with Crippen molar-refractivity contribution < 1.29 is 9.72 Å². The smallest absolute Gasteiger partial charge is 0.269 e. The van der Waals surface area contributed by atoms with Gasteiger partial charge in [0.1, 0.15) is 0 Å². The molecule has 0 bridgehead atoms. The Morgan fingerprint density at radius 2 is 1.78 bits per heavy atom. The molecule has 118 valence electrons. The molecule has 0 saturated heterocycles. The topological polar surface area (TPSA) is 75.5 Å². The Hall–Kier alpha value is -2.80. The van der Waals surface area contributed by atoms with Crippen molar-refractivity contribution in [2.75, 3.05) is 11.4 Å². The van der Waals surface area contributed by atoms with E-state index < -0.39 is 10.8 Å². The molecule has 23 heavy (non-hydrogen) atoms. The van der Waals surface area contributed by atoms with Crippen LogP contribution in [0.2, 0.25) is 0 Å². The Kier molecular flexibility index (Phi) is 5.37. The lowest BCUT2D eigenvalue weighted by Gasteiger charge is -2.23. The molecule has 0 aliphatic rings. The molecule has 0 radical (unpaired) electrons. The van der Waals surface area contributed by atoms with Gasteiger partial charge in [-0.05, 0) is 43.4 Å². The standard InChI is InChI=1S/C16H15N3O3S/c1-2-18(13-6-4-3-5-7-13)16(23)17-15(20)12-8-10-14(11-9-12)19(21)22/h3-11H,2H2,1H3,(H,17,20,23). The van der Waals surface area contributed by atoms with Gasteiger partial charge in [0.2, 0.25) is 0 Å². The fourth-order valence-corrected chi connectivity index (χ4v) is 2.35. The Labute approximate surface area is 138 Å². The molecule has 0 atom stereocenters. The first-order chi connectivity index (χ1) is 11.0. The Balaban J connectivity index is 2.09. The zero-order valence-electron chi connectivity index (χ0n) is 12.4. The maximum Gasteiger partial charge on any atom is 0.269 e. The van der Waals surface area contributed by atoms with E-state index in [-0.39, 0.29) is 10.8 Å². The number of nitro groups is 1. The fraction of sp³-hybridized carbons (Fsp3) is 0.125. The normalized spacial score (nSPS) is 9.96. The summed E-state index contributed by atoms with van der Waals surface area (Å²) in [7, 11) is 0. The summed E-state index contributed by atoms with van der Waals surface area (Å²) in [5.74, 6) is -0.403. The summed E-state index contributed by atoms with van der Waals surface area (Å²) in [5.41, 5.74) is 1.12. The van der Waals surface area contributed by atoms with E-state index in [1.54, 1.807) is 4.90 Å². The molecule has 0 heterocycles. The Morgan fingerprint density at radius 3 is 2.30 bits per heavy atom. The first-order valence-electron chi connectivity index (χ1n) is 6.95. The van der Waals surface area contributed by atoms with E-state index >= 15 is 0 Å². The first-order valence-corrected chi connectivity index (χ1v) is 7.36. The van der Waals surface area contributed by atoms with Crippen LogP contribution in [0.5, 0.6) is 0 Å². The van der Waals surface area contributed by atoms with Gasteiger partial charge < -0.3 is 4.90 Å². The van der Waals surface area contributed by atoms with Crippen LogP contribution in [-0.2, 0) is 0 Å². The summed E-state index contributed by atoms with van der Waals surface area (Å²) in [6.07, 6.45) is 0. The van der Waals surface area contributed by atoms with Crippen LogP contribution in [0, 0.1) is 10.1 Å². The number of nitrogens with zero attached hydrogens (tertiary/aromatic N) is 2. The molecular formula is C16H15N3O3S. The maximum atomic E-state index is 12.2. The van der Waals surface area contributed by atoms with Crippen LogP contribution in [0.15, 0.2) is 54.6 Å². The van der Waals surface area contributed by atoms with Gasteiger partial charge in [-0.2, -0.15) is 0 Å². The minimum Gasteiger partial charge on any atom is -0.319 e. The number of benzene rings is 2. The lowest BCUT2D eigenvalue weighted by atomic mass is 10.2. The highest BCUT2D eigenvalue weighted by Crippen LogP contribution is 2.14. The van der Waals surface area contributed by atoms with E-state index in [0.29, 0.717) is 12.1 Å². The van der Waals surface area contributed by atoms with Crippen molar-refractivity contribution in [3.8, 4) is 0 Å². The van der Waals surface area contributed by atoms with Crippen LogP contribution < -0.4 is 10.2 Å². The third kappa shape index (κ3) is 4.10. The molecule has 0 aliphatic carbocycles. The van der Waals surface area contributed by atoms with Crippen molar-refractivity contribution in [2.45, 2.75) is 6.92 Å². The minimum absolute atomic E-state index is 0.0661. The summed E-state index contributed by atoms with van der Waals surface area (Å²) >= 11 is 5.29. The fourth-order valence-electron chi connectivity index (χ4n) is 2.02. The lowest BCUT2D eigenvalue weighted by molar-refractivity contribution is -0.384. The van der Waals surface area contributed by atoms with E-state index in [0.717, 1.165) is 5.69 Å². The number of non-ortho nitro benzene ring substituents is 1. The van der Waals surface area contributed by atoms with Gasteiger partial charge in [0.25, 0.3) is 11.6 Å². The minimum atomic E-state index is -0.513. The third-order valence-corrected chi connectivity index (χ3v) is 3.51. The SMILES string of the molecule is CCN(C(=S)NC(=O)c1ccc([N+](=O)[O-])cc1)c1ccccc1. The first kappa shape index (κ1) is 16.6. The second-order valence-electron chi connectivity index (χ2n) is 4.64. The molecule has 2 aromatic carbocycles. The van der Waals surface area contributed by atoms with E-state index in [2.05, 4.69) is 5.32 Å². The summed E-state index contributed by atoms with van der Waals surface area (Å²) in [6, 6.07) is 14.8. The van der Waals surface area contributed by atoms with E-state index in [1.807, 2.05) is 37.3 Å². The van der Waals surface area contributed by atoms with Crippen LogP contribution in [0.1, 0.15) is 17.3 Å². The van der Waals surface area contributed by atoms with Gasteiger partial charge in [0.15, 0.2) is 5.11 Å². The Morgan fingerprint density at radius 1 is 1.17 bits per heavy atom. The molecule has 0 aliphatic heterocycles. The highest BCUT2D eigenvalue weighted by atomic mass is 32.1. The van der Waals surface area contributed by atoms with Crippen LogP contribution in [0.25, 0.3) is 0 Å².